The molecule has 0 aliphatic carbocycles. The van der Waals surface area contributed by atoms with Gasteiger partial charge in [-0.05, 0) is 35.9 Å². The van der Waals surface area contributed by atoms with E-state index in [9.17, 15) is 9.18 Å². The molecule has 0 unspecified atom stereocenters. The minimum Gasteiger partial charge on any atom is -0.494 e. The molecule has 122 valence electrons. The Bertz CT molecular complexity index is 850. The fourth-order valence-electron chi connectivity index (χ4n) is 2.24. The maximum absolute atomic E-state index is 13.7. The van der Waals surface area contributed by atoms with Gasteiger partial charge in [-0.15, -0.1) is 0 Å². The molecule has 0 bridgehead atoms. The van der Waals surface area contributed by atoms with E-state index >= 15 is 0 Å². The number of nitrogens with zero attached hydrogens (tertiary/aromatic N) is 3. The number of amides is 1. The highest BCUT2D eigenvalue weighted by Crippen LogP contribution is 2.17. The van der Waals surface area contributed by atoms with Crippen molar-refractivity contribution in [3.8, 4) is 11.4 Å². The van der Waals surface area contributed by atoms with Gasteiger partial charge in [0.25, 0.3) is 5.91 Å². The molecule has 0 aliphatic rings. The lowest BCUT2D eigenvalue weighted by Crippen LogP contribution is -2.23. The van der Waals surface area contributed by atoms with E-state index in [0.717, 1.165) is 5.69 Å². The van der Waals surface area contributed by atoms with Gasteiger partial charge < -0.3 is 10.1 Å². The molecule has 3 aromatic rings. The normalized spacial score (nSPS) is 10.4. The Kier molecular flexibility index (Phi) is 4.51. The van der Waals surface area contributed by atoms with Gasteiger partial charge in [-0.2, -0.15) is 5.10 Å². The zero-order valence-corrected chi connectivity index (χ0v) is 12.9. The molecule has 0 atom stereocenters. The lowest BCUT2D eigenvalue weighted by Gasteiger charge is -2.08. The summed E-state index contributed by atoms with van der Waals surface area (Å²) >= 11 is 0. The molecule has 0 saturated carbocycles. The fourth-order valence-corrected chi connectivity index (χ4v) is 2.24. The van der Waals surface area contributed by atoms with Crippen LogP contribution in [-0.2, 0) is 6.54 Å². The van der Waals surface area contributed by atoms with Gasteiger partial charge in [-0.3, -0.25) is 4.79 Å². The van der Waals surface area contributed by atoms with Crippen LogP contribution in [0, 0.1) is 5.82 Å². The van der Waals surface area contributed by atoms with Crippen LogP contribution in [0.1, 0.15) is 15.9 Å². The van der Waals surface area contributed by atoms with Crippen LogP contribution in [0.15, 0.2) is 55.1 Å². The monoisotopic (exact) mass is 326 g/mol. The Labute approximate surface area is 137 Å². The lowest BCUT2D eigenvalue weighted by molar-refractivity contribution is 0.0951. The molecule has 0 saturated heterocycles. The molecule has 1 aromatic heterocycles. The molecule has 0 radical (unpaired) electrons. The van der Waals surface area contributed by atoms with Crippen LogP contribution in [-0.4, -0.2) is 27.8 Å². The third-order valence-corrected chi connectivity index (χ3v) is 3.46. The van der Waals surface area contributed by atoms with E-state index in [2.05, 4.69) is 15.4 Å². The Hall–Kier alpha value is -3.22. The molecular formula is C17H15FN4O2. The third kappa shape index (κ3) is 3.40. The zero-order valence-electron chi connectivity index (χ0n) is 12.9. The predicted octanol–water partition coefficient (Wildman–Crippen LogP) is 2.34. The SMILES string of the molecule is COc1ccc(CNC(=O)c2cccc(-n3cncn3)c2)cc1F. The average Bonchev–Trinajstić information content (AvgIpc) is 3.14. The number of hydrogen-bond acceptors (Lipinski definition) is 4. The van der Waals surface area contributed by atoms with Crippen LogP contribution in [0.5, 0.6) is 5.75 Å². The van der Waals surface area contributed by atoms with Crippen molar-refractivity contribution < 1.29 is 13.9 Å². The van der Waals surface area contributed by atoms with Crippen molar-refractivity contribution in [3.05, 3.63) is 72.1 Å². The van der Waals surface area contributed by atoms with E-state index in [0.29, 0.717) is 11.1 Å². The Morgan fingerprint density at radius 1 is 1.29 bits per heavy atom. The highest BCUT2D eigenvalue weighted by atomic mass is 19.1. The van der Waals surface area contributed by atoms with Gasteiger partial charge in [0.1, 0.15) is 12.7 Å². The number of nitrogens with one attached hydrogen (secondary N) is 1. The number of ether oxygens (including phenoxy) is 1. The summed E-state index contributed by atoms with van der Waals surface area (Å²) in [6.07, 6.45) is 2.97. The Balaban J connectivity index is 1.69. The van der Waals surface area contributed by atoms with Gasteiger partial charge in [-0.25, -0.2) is 14.1 Å². The topological polar surface area (TPSA) is 69.0 Å². The van der Waals surface area contributed by atoms with Gasteiger partial charge in [0.05, 0.1) is 12.8 Å². The highest BCUT2D eigenvalue weighted by Gasteiger charge is 2.09. The second kappa shape index (κ2) is 6.91. The van der Waals surface area contributed by atoms with Crippen molar-refractivity contribution in [2.24, 2.45) is 0 Å². The van der Waals surface area contributed by atoms with E-state index < -0.39 is 5.82 Å². The largest absolute Gasteiger partial charge is 0.494 e. The van der Waals surface area contributed by atoms with E-state index in [1.54, 1.807) is 35.3 Å². The van der Waals surface area contributed by atoms with Gasteiger partial charge in [0, 0.05) is 12.1 Å². The molecule has 0 spiro atoms. The molecule has 3 rings (SSSR count). The predicted molar refractivity (Wildman–Crippen MR) is 85.5 cm³/mol. The van der Waals surface area contributed by atoms with E-state index in [1.807, 2.05) is 6.07 Å². The lowest BCUT2D eigenvalue weighted by atomic mass is 10.1. The summed E-state index contributed by atoms with van der Waals surface area (Å²) in [6, 6.07) is 11.6. The average molecular weight is 326 g/mol. The van der Waals surface area contributed by atoms with Crippen molar-refractivity contribution in [2.75, 3.05) is 7.11 Å². The molecule has 1 heterocycles. The van der Waals surface area contributed by atoms with Crippen LogP contribution in [0.4, 0.5) is 4.39 Å². The molecule has 2 aromatic carbocycles. The van der Waals surface area contributed by atoms with Gasteiger partial charge in [0.2, 0.25) is 0 Å². The second-order valence-corrected chi connectivity index (χ2v) is 5.04. The Morgan fingerprint density at radius 2 is 2.17 bits per heavy atom. The first-order chi connectivity index (χ1) is 11.7. The molecule has 1 amide bonds. The van der Waals surface area contributed by atoms with Crippen LogP contribution in [0.2, 0.25) is 0 Å². The number of benzene rings is 2. The van der Waals surface area contributed by atoms with Crippen molar-refractivity contribution in [1.29, 1.82) is 0 Å². The summed E-state index contributed by atoms with van der Waals surface area (Å²) in [6.45, 7) is 0.216. The summed E-state index contributed by atoms with van der Waals surface area (Å²) in [4.78, 5) is 16.1. The quantitative estimate of drug-likeness (QED) is 0.781. The minimum atomic E-state index is -0.461. The van der Waals surface area contributed by atoms with E-state index in [4.69, 9.17) is 4.74 Å². The van der Waals surface area contributed by atoms with E-state index in [1.165, 1.54) is 25.6 Å². The number of aromatic nitrogens is 3. The van der Waals surface area contributed by atoms with Crippen LogP contribution in [0.3, 0.4) is 0 Å². The number of halogens is 1. The summed E-state index contributed by atoms with van der Waals surface area (Å²) in [7, 11) is 1.40. The first-order valence-electron chi connectivity index (χ1n) is 7.23. The third-order valence-electron chi connectivity index (χ3n) is 3.46. The van der Waals surface area contributed by atoms with Crippen LogP contribution < -0.4 is 10.1 Å². The fraction of sp³-hybridized carbons (Fsp3) is 0.118. The molecule has 6 nitrogen and oxygen atoms in total. The summed E-state index contributed by atoms with van der Waals surface area (Å²) < 4.78 is 20.1. The molecular weight excluding hydrogens is 311 g/mol. The van der Waals surface area contributed by atoms with Gasteiger partial charge in [0.15, 0.2) is 11.6 Å². The second-order valence-electron chi connectivity index (χ2n) is 5.04. The van der Waals surface area contributed by atoms with Crippen LogP contribution >= 0.6 is 0 Å². The van der Waals surface area contributed by atoms with Crippen molar-refractivity contribution in [2.45, 2.75) is 6.54 Å². The number of hydrogen-bond donors (Lipinski definition) is 1. The van der Waals surface area contributed by atoms with Crippen molar-refractivity contribution in [3.63, 3.8) is 0 Å². The molecule has 24 heavy (non-hydrogen) atoms. The number of methoxy groups -OCH3 is 1. The standard InChI is InChI=1S/C17H15FN4O2/c1-24-16-6-5-12(7-15(16)18)9-20-17(23)13-3-2-4-14(8-13)22-11-19-10-21-22/h2-8,10-11H,9H2,1H3,(H,20,23). The van der Waals surface area contributed by atoms with Crippen molar-refractivity contribution in [1.82, 2.24) is 20.1 Å². The maximum atomic E-state index is 13.7. The number of carbonyl (C=O) groups is 1. The smallest absolute Gasteiger partial charge is 0.251 e. The molecule has 1 N–H and O–H groups in total. The minimum absolute atomic E-state index is 0.172. The summed E-state index contributed by atoms with van der Waals surface area (Å²) in [5.74, 6) is -0.545. The molecule has 7 heteroatoms. The summed E-state index contributed by atoms with van der Waals surface area (Å²) in [5.41, 5.74) is 1.86. The zero-order chi connectivity index (χ0) is 16.9. The number of carbonyl (C=O) groups excluding carboxylic acids is 1. The van der Waals surface area contributed by atoms with Crippen molar-refractivity contribution >= 4 is 5.91 Å². The maximum Gasteiger partial charge on any atom is 0.251 e. The molecule has 0 fully saturated rings. The van der Waals surface area contributed by atoms with Crippen LogP contribution in [0.25, 0.3) is 5.69 Å². The first-order valence-corrected chi connectivity index (χ1v) is 7.23. The first kappa shape index (κ1) is 15.7. The van der Waals surface area contributed by atoms with E-state index in [-0.39, 0.29) is 18.2 Å². The summed E-state index contributed by atoms with van der Waals surface area (Å²) in [5, 5.41) is 6.79. The highest BCUT2D eigenvalue weighted by molar-refractivity contribution is 5.94. The molecule has 0 aliphatic heterocycles. The van der Waals surface area contributed by atoms with Gasteiger partial charge >= 0.3 is 0 Å². The Morgan fingerprint density at radius 3 is 2.88 bits per heavy atom. The van der Waals surface area contributed by atoms with Gasteiger partial charge in [-0.1, -0.05) is 12.1 Å². The number of rotatable bonds is 5.